The van der Waals surface area contributed by atoms with E-state index in [0.717, 1.165) is 6.54 Å². The standard InChI is InChI=1S/C16H19NS/c1-3-17-16-7-5-13-10-12(4-6-15(13)16)14-8-9-18-11(14)2/h4,6,8-10,16-17H,3,5,7H2,1-2H3. The summed E-state index contributed by atoms with van der Waals surface area (Å²) < 4.78 is 0. The van der Waals surface area contributed by atoms with E-state index in [-0.39, 0.29) is 0 Å². The highest BCUT2D eigenvalue weighted by molar-refractivity contribution is 7.10. The van der Waals surface area contributed by atoms with Gasteiger partial charge in [-0.1, -0.05) is 25.1 Å². The van der Waals surface area contributed by atoms with Gasteiger partial charge in [0.05, 0.1) is 0 Å². The number of benzene rings is 1. The maximum atomic E-state index is 3.57. The number of thiophene rings is 1. The fourth-order valence-corrected chi connectivity index (χ4v) is 3.65. The molecule has 3 rings (SSSR count). The molecule has 0 aliphatic heterocycles. The topological polar surface area (TPSA) is 12.0 Å². The van der Waals surface area contributed by atoms with E-state index in [9.17, 15) is 0 Å². The van der Waals surface area contributed by atoms with Gasteiger partial charge in [-0.3, -0.25) is 0 Å². The Labute approximate surface area is 113 Å². The third-order valence-electron chi connectivity index (χ3n) is 3.84. The maximum absolute atomic E-state index is 3.57. The van der Waals surface area contributed by atoms with Crippen molar-refractivity contribution >= 4 is 11.3 Å². The second-order valence-electron chi connectivity index (χ2n) is 4.95. The molecular weight excluding hydrogens is 238 g/mol. The van der Waals surface area contributed by atoms with E-state index in [1.54, 1.807) is 0 Å². The lowest BCUT2D eigenvalue weighted by Gasteiger charge is -2.12. The Bertz CT molecular complexity index is 556. The lowest BCUT2D eigenvalue weighted by molar-refractivity contribution is 0.549. The largest absolute Gasteiger partial charge is 0.310 e. The van der Waals surface area contributed by atoms with Crippen LogP contribution in [0.25, 0.3) is 11.1 Å². The van der Waals surface area contributed by atoms with Crippen molar-refractivity contribution in [2.45, 2.75) is 32.7 Å². The van der Waals surface area contributed by atoms with Gasteiger partial charge in [0.2, 0.25) is 0 Å². The van der Waals surface area contributed by atoms with Crippen LogP contribution in [-0.2, 0) is 6.42 Å². The molecule has 1 aromatic heterocycles. The van der Waals surface area contributed by atoms with Gasteiger partial charge in [-0.05, 0) is 60.0 Å². The summed E-state index contributed by atoms with van der Waals surface area (Å²) in [5, 5.41) is 5.75. The minimum atomic E-state index is 0.572. The SMILES string of the molecule is CCNC1CCc2cc(-c3ccsc3C)ccc21. The lowest BCUT2D eigenvalue weighted by Crippen LogP contribution is -2.18. The predicted octanol–water partition coefficient (Wildman–Crippen LogP) is 4.32. The van der Waals surface area contributed by atoms with Gasteiger partial charge in [0, 0.05) is 10.9 Å². The molecule has 2 heteroatoms. The highest BCUT2D eigenvalue weighted by Crippen LogP contribution is 2.35. The molecule has 0 saturated carbocycles. The Kier molecular flexibility index (Phi) is 3.23. The van der Waals surface area contributed by atoms with Gasteiger partial charge in [0.15, 0.2) is 0 Å². The van der Waals surface area contributed by atoms with Crippen molar-refractivity contribution in [2.24, 2.45) is 0 Å². The Hall–Kier alpha value is -1.12. The van der Waals surface area contributed by atoms with Crippen molar-refractivity contribution in [1.82, 2.24) is 5.32 Å². The summed E-state index contributed by atoms with van der Waals surface area (Å²) >= 11 is 1.83. The molecule has 0 saturated heterocycles. The first-order valence-corrected chi connectivity index (χ1v) is 7.58. The van der Waals surface area contributed by atoms with Crippen LogP contribution >= 0.6 is 11.3 Å². The molecule has 1 aliphatic rings. The predicted molar refractivity (Wildman–Crippen MR) is 79.2 cm³/mol. The molecule has 94 valence electrons. The van der Waals surface area contributed by atoms with Crippen molar-refractivity contribution in [2.75, 3.05) is 6.54 Å². The van der Waals surface area contributed by atoms with Crippen molar-refractivity contribution in [3.8, 4) is 11.1 Å². The average Bonchev–Trinajstić information content (AvgIpc) is 2.96. The number of rotatable bonds is 3. The van der Waals surface area contributed by atoms with Gasteiger partial charge in [0.25, 0.3) is 0 Å². The van der Waals surface area contributed by atoms with Crippen LogP contribution in [0.1, 0.15) is 35.4 Å². The van der Waals surface area contributed by atoms with Gasteiger partial charge in [-0.25, -0.2) is 0 Å². The molecule has 0 radical (unpaired) electrons. The van der Waals surface area contributed by atoms with Crippen molar-refractivity contribution < 1.29 is 0 Å². The second-order valence-corrected chi connectivity index (χ2v) is 6.07. The summed E-state index contributed by atoms with van der Waals surface area (Å²) in [6.07, 6.45) is 2.46. The van der Waals surface area contributed by atoms with Crippen LogP contribution in [0.4, 0.5) is 0 Å². The normalized spacial score (nSPS) is 18.0. The zero-order valence-electron chi connectivity index (χ0n) is 11.0. The van der Waals surface area contributed by atoms with Crippen LogP contribution in [0, 0.1) is 6.92 Å². The van der Waals surface area contributed by atoms with Crippen molar-refractivity contribution in [1.29, 1.82) is 0 Å². The molecule has 1 N–H and O–H groups in total. The zero-order chi connectivity index (χ0) is 12.5. The number of nitrogens with one attached hydrogen (secondary N) is 1. The van der Waals surface area contributed by atoms with E-state index in [0.29, 0.717) is 6.04 Å². The second kappa shape index (κ2) is 4.87. The maximum Gasteiger partial charge on any atom is 0.0326 e. The fourth-order valence-electron chi connectivity index (χ4n) is 2.93. The van der Waals surface area contributed by atoms with Crippen LogP contribution in [0.5, 0.6) is 0 Å². The molecule has 0 amide bonds. The molecule has 1 aliphatic carbocycles. The zero-order valence-corrected chi connectivity index (χ0v) is 11.8. The summed E-state index contributed by atoms with van der Waals surface area (Å²) in [6, 6.07) is 9.80. The molecule has 0 spiro atoms. The smallest absolute Gasteiger partial charge is 0.0326 e. The van der Waals surface area contributed by atoms with Crippen LogP contribution in [0.2, 0.25) is 0 Å². The van der Waals surface area contributed by atoms with Crippen LogP contribution in [0.15, 0.2) is 29.6 Å². The van der Waals surface area contributed by atoms with Crippen molar-refractivity contribution in [3.05, 3.63) is 45.6 Å². The molecule has 2 aromatic rings. The molecule has 0 fully saturated rings. The highest BCUT2D eigenvalue weighted by Gasteiger charge is 2.21. The summed E-state index contributed by atoms with van der Waals surface area (Å²) in [4.78, 5) is 1.41. The Morgan fingerprint density at radius 3 is 2.94 bits per heavy atom. The first kappa shape index (κ1) is 11.9. The van der Waals surface area contributed by atoms with E-state index < -0.39 is 0 Å². The van der Waals surface area contributed by atoms with Crippen LogP contribution in [-0.4, -0.2) is 6.54 Å². The third-order valence-corrected chi connectivity index (χ3v) is 4.69. The highest BCUT2D eigenvalue weighted by atomic mass is 32.1. The summed E-state index contributed by atoms with van der Waals surface area (Å²) in [7, 11) is 0. The lowest BCUT2D eigenvalue weighted by atomic mass is 10.0. The van der Waals surface area contributed by atoms with Gasteiger partial charge in [-0.2, -0.15) is 0 Å². The molecule has 1 unspecified atom stereocenters. The first-order valence-electron chi connectivity index (χ1n) is 6.70. The molecular formula is C16H19NS. The number of fused-ring (bicyclic) bond motifs is 1. The monoisotopic (exact) mass is 257 g/mol. The van der Waals surface area contributed by atoms with E-state index in [1.165, 1.54) is 40.0 Å². The average molecular weight is 257 g/mol. The van der Waals surface area contributed by atoms with Crippen LogP contribution in [0.3, 0.4) is 0 Å². The van der Waals surface area contributed by atoms with E-state index in [2.05, 4.69) is 48.8 Å². The van der Waals surface area contributed by atoms with Crippen molar-refractivity contribution in [3.63, 3.8) is 0 Å². The summed E-state index contributed by atoms with van der Waals surface area (Å²) in [5.74, 6) is 0. The molecule has 0 bridgehead atoms. The molecule has 1 aromatic carbocycles. The minimum absolute atomic E-state index is 0.572. The number of hydrogen-bond donors (Lipinski definition) is 1. The van der Waals surface area contributed by atoms with Gasteiger partial charge >= 0.3 is 0 Å². The van der Waals surface area contributed by atoms with E-state index >= 15 is 0 Å². The Morgan fingerprint density at radius 1 is 1.33 bits per heavy atom. The Balaban J connectivity index is 1.96. The van der Waals surface area contributed by atoms with E-state index in [4.69, 9.17) is 0 Å². The molecule has 1 atom stereocenters. The summed E-state index contributed by atoms with van der Waals surface area (Å²) in [6.45, 7) is 5.44. The Morgan fingerprint density at radius 2 is 2.22 bits per heavy atom. The molecule has 1 nitrogen and oxygen atoms in total. The summed E-state index contributed by atoms with van der Waals surface area (Å²) in [5.41, 5.74) is 5.82. The van der Waals surface area contributed by atoms with Gasteiger partial charge in [-0.15, -0.1) is 11.3 Å². The van der Waals surface area contributed by atoms with Crippen LogP contribution < -0.4 is 5.32 Å². The first-order chi connectivity index (χ1) is 8.79. The van der Waals surface area contributed by atoms with E-state index in [1.807, 2.05) is 11.3 Å². The van der Waals surface area contributed by atoms with Gasteiger partial charge < -0.3 is 5.32 Å². The fraction of sp³-hybridized carbons (Fsp3) is 0.375. The minimum Gasteiger partial charge on any atom is -0.310 e. The molecule has 18 heavy (non-hydrogen) atoms. The quantitative estimate of drug-likeness (QED) is 0.863. The van der Waals surface area contributed by atoms with Gasteiger partial charge in [0.1, 0.15) is 0 Å². The molecule has 1 heterocycles. The third kappa shape index (κ3) is 2.00. The number of aryl methyl sites for hydroxylation is 2. The number of hydrogen-bond acceptors (Lipinski definition) is 2.